The number of carbonyl (C=O) groups is 1. The van der Waals surface area contributed by atoms with Gasteiger partial charge in [0.1, 0.15) is 47.7 Å². The van der Waals surface area contributed by atoms with E-state index in [1.54, 1.807) is 19.1 Å². The molecule has 2 aliphatic heterocycles. The average molecular weight is 634 g/mol. The normalized spacial score (nSPS) is 26.8. The number of aliphatic hydroxyl groups is 5. The van der Waals surface area contributed by atoms with Crippen LogP contribution in [0.1, 0.15) is 80.0 Å². The van der Waals surface area contributed by atoms with Crippen molar-refractivity contribution >= 4 is 12.0 Å². The van der Waals surface area contributed by atoms with Crippen molar-refractivity contribution in [2.75, 3.05) is 6.61 Å². The maximum absolute atomic E-state index is 13.1. The number of rotatable bonds is 15. The Hall–Kier alpha value is -2.84. The number of hydrogen-bond acceptors (Lipinski definition) is 12. The zero-order valence-corrected chi connectivity index (χ0v) is 26.3. The summed E-state index contributed by atoms with van der Waals surface area (Å²) >= 11 is 0. The number of aliphatic hydroxyl groups excluding tert-OH is 5. The van der Waals surface area contributed by atoms with Crippen LogP contribution in [0.15, 0.2) is 28.9 Å². The zero-order chi connectivity index (χ0) is 32.8. The van der Waals surface area contributed by atoms with Crippen LogP contribution in [-0.2, 0) is 33.5 Å². The number of benzene rings is 1. The summed E-state index contributed by atoms with van der Waals surface area (Å²) in [5.74, 6) is -0.440. The summed E-state index contributed by atoms with van der Waals surface area (Å²) in [6.07, 6.45) is -0.731. The number of aromatic hydroxyl groups is 1. The summed E-state index contributed by atoms with van der Waals surface area (Å²) in [5, 5.41) is 61.6. The van der Waals surface area contributed by atoms with Crippen molar-refractivity contribution in [3.63, 3.8) is 0 Å². The van der Waals surface area contributed by atoms with Gasteiger partial charge in [-0.3, -0.25) is 0 Å². The second kappa shape index (κ2) is 15.6. The predicted octanol–water partition coefficient (Wildman–Crippen LogP) is 2.29. The quantitative estimate of drug-likeness (QED) is 0.157. The number of ether oxygens (including phenoxy) is 3. The van der Waals surface area contributed by atoms with Crippen LogP contribution in [-0.4, -0.2) is 97.2 Å². The number of nitrogens with zero attached hydrogens (tertiary/aromatic N) is 1. The van der Waals surface area contributed by atoms with Crippen LogP contribution >= 0.6 is 0 Å². The Kier molecular flexibility index (Phi) is 12.2. The minimum atomic E-state index is -1.42. The highest BCUT2D eigenvalue weighted by Crippen LogP contribution is 2.35. The number of oxazole rings is 1. The van der Waals surface area contributed by atoms with Gasteiger partial charge in [0.15, 0.2) is 12.2 Å². The smallest absolute Gasteiger partial charge is 0.342 e. The maximum atomic E-state index is 13.1. The lowest BCUT2D eigenvalue weighted by Crippen LogP contribution is -2.37. The topological polar surface area (TPSA) is 192 Å². The number of esters is 1. The molecule has 12 heteroatoms. The molecule has 250 valence electrons. The van der Waals surface area contributed by atoms with Crippen LogP contribution in [0.5, 0.6) is 5.75 Å². The van der Waals surface area contributed by atoms with E-state index in [-0.39, 0.29) is 36.0 Å². The number of carbonyl (C=O) groups excluding carboxylic acids is 1. The van der Waals surface area contributed by atoms with Crippen molar-refractivity contribution in [1.82, 2.24) is 4.98 Å². The van der Waals surface area contributed by atoms with Crippen molar-refractivity contribution < 1.29 is 54.1 Å². The fourth-order valence-electron chi connectivity index (χ4n) is 5.67. The molecule has 0 amide bonds. The van der Waals surface area contributed by atoms with Crippen LogP contribution in [0.2, 0.25) is 0 Å². The number of phenolic OH excluding ortho intramolecular Hbond substituents is 1. The largest absolute Gasteiger partial charge is 0.507 e. The molecule has 2 aliphatic rings. The van der Waals surface area contributed by atoms with Gasteiger partial charge in [0, 0.05) is 18.8 Å². The van der Waals surface area contributed by atoms with Gasteiger partial charge < -0.3 is 49.3 Å². The Morgan fingerprint density at radius 1 is 1.09 bits per heavy atom. The zero-order valence-electron chi connectivity index (χ0n) is 26.3. The molecule has 1 aromatic carbocycles. The first kappa shape index (κ1) is 35.0. The standard InChI is InChI=1S/C33H47NO11/c1-5-17(3)11-20-8-7-19-12-23(43-32(41)28(19)29(20)38)13-22(44-33-31(40)30(39)26(15-35)45-33)10-9-21-16-42-27(34-21)14-25(37)18(4)24(36)6-2/h7-10,16-18,22-26,30-31,33,35-40H,5-6,11-15H2,1-4H3/b10-9+/t17-,18+,22-,23-,24+,25-,26+,30+,31-,33-/m0/s1. The number of phenols is 1. The average Bonchev–Trinajstić information content (AvgIpc) is 3.58. The molecule has 0 aliphatic carbocycles. The van der Waals surface area contributed by atoms with E-state index >= 15 is 0 Å². The van der Waals surface area contributed by atoms with E-state index in [0.29, 0.717) is 42.0 Å². The van der Waals surface area contributed by atoms with E-state index in [0.717, 1.165) is 6.42 Å². The molecule has 0 saturated carbocycles. The summed E-state index contributed by atoms with van der Waals surface area (Å²) in [7, 11) is 0. The van der Waals surface area contributed by atoms with E-state index in [2.05, 4.69) is 18.8 Å². The second-order valence-corrected chi connectivity index (χ2v) is 12.3. The van der Waals surface area contributed by atoms with Gasteiger partial charge in [-0.05, 0) is 36.0 Å². The minimum Gasteiger partial charge on any atom is -0.507 e. The van der Waals surface area contributed by atoms with Crippen LogP contribution < -0.4 is 0 Å². The van der Waals surface area contributed by atoms with E-state index in [9.17, 15) is 35.4 Å². The van der Waals surface area contributed by atoms with Gasteiger partial charge in [-0.15, -0.1) is 0 Å². The van der Waals surface area contributed by atoms with Gasteiger partial charge in [-0.25, -0.2) is 9.78 Å². The van der Waals surface area contributed by atoms with E-state index in [1.807, 2.05) is 19.1 Å². The molecule has 0 spiro atoms. The van der Waals surface area contributed by atoms with Crippen molar-refractivity contribution in [2.24, 2.45) is 11.8 Å². The molecule has 1 saturated heterocycles. The Morgan fingerprint density at radius 2 is 1.84 bits per heavy atom. The minimum absolute atomic E-state index is 0.0546. The molecule has 10 atom stereocenters. The lowest BCUT2D eigenvalue weighted by molar-refractivity contribution is -0.188. The molecule has 0 unspecified atom stereocenters. The lowest BCUT2D eigenvalue weighted by atomic mass is 9.90. The Morgan fingerprint density at radius 3 is 2.51 bits per heavy atom. The van der Waals surface area contributed by atoms with Gasteiger partial charge in [-0.1, -0.05) is 52.3 Å². The maximum Gasteiger partial charge on any atom is 0.342 e. The van der Waals surface area contributed by atoms with E-state index in [4.69, 9.17) is 18.6 Å². The molecule has 6 N–H and O–H groups in total. The third-order valence-electron chi connectivity index (χ3n) is 8.91. The van der Waals surface area contributed by atoms with Gasteiger partial charge in [-0.2, -0.15) is 0 Å². The molecular formula is C33H47NO11. The monoisotopic (exact) mass is 633 g/mol. The Labute approximate surface area is 263 Å². The molecule has 12 nitrogen and oxygen atoms in total. The third kappa shape index (κ3) is 8.50. The van der Waals surface area contributed by atoms with Gasteiger partial charge in [0.25, 0.3) is 0 Å². The number of hydrogen-bond donors (Lipinski definition) is 6. The first-order valence-electron chi connectivity index (χ1n) is 15.8. The Balaban J connectivity index is 1.50. The highest BCUT2D eigenvalue weighted by molar-refractivity contribution is 5.95. The van der Waals surface area contributed by atoms with Crippen LogP contribution in [0.25, 0.3) is 6.08 Å². The molecule has 45 heavy (non-hydrogen) atoms. The summed E-state index contributed by atoms with van der Waals surface area (Å²) in [6, 6.07) is 3.68. The van der Waals surface area contributed by atoms with Gasteiger partial charge >= 0.3 is 5.97 Å². The number of fused-ring (bicyclic) bond motifs is 1. The fraction of sp³-hybridized carbons (Fsp3) is 0.636. The highest BCUT2D eigenvalue weighted by atomic mass is 16.7. The first-order chi connectivity index (χ1) is 21.4. The Bertz CT molecular complexity index is 1300. The third-order valence-corrected chi connectivity index (χ3v) is 8.91. The molecule has 3 heterocycles. The van der Waals surface area contributed by atoms with Crippen LogP contribution in [0, 0.1) is 11.8 Å². The van der Waals surface area contributed by atoms with E-state index in [1.165, 1.54) is 6.26 Å². The van der Waals surface area contributed by atoms with Crippen molar-refractivity contribution in [3.05, 3.63) is 52.7 Å². The predicted molar refractivity (Wildman–Crippen MR) is 162 cm³/mol. The second-order valence-electron chi connectivity index (χ2n) is 12.3. The van der Waals surface area contributed by atoms with Crippen molar-refractivity contribution in [3.8, 4) is 5.75 Å². The van der Waals surface area contributed by atoms with Crippen molar-refractivity contribution in [1.29, 1.82) is 0 Å². The molecular weight excluding hydrogens is 586 g/mol. The molecule has 0 bridgehead atoms. The lowest BCUT2D eigenvalue weighted by Gasteiger charge is -2.29. The van der Waals surface area contributed by atoms with Gasteiger partial charge in [0.05, 0.1) is 31.3 Å². The summed E-state index contributed by atoms with van der Waals surface area (Å²) in [4.78, 5) is 17.5. The van der Waals surface area contributed by atoms with E-state index < -0.39 is 61.6 Å². The molecule has 1 aromatic heterocycles. The highest BCUT2D eigenvalue weighted by Gasteiger charge is 2.44. The van der Waals surface area contributed by atoms with Crippen molar-refractivity contribution in [2.45, 2.75) is 115 Å². The number of aromatic nitrogens is 1. The number of cyclic esters (lactones) is 1. The first-order valence-corrected chi connectivity index (χ1v) is 15.8. The summed E-state index contributed by atoms with van der Waals surface area (Å²) in [5.41, 5.74) is 1.93. The fourth-order valence-corrected chi connectivity index (χ4v) is 5.67. The molecule has 1 fully saturated rings. The molecule has 0 radical (unpaired) electrons. The summed E-state index contributed by atoms with van der Waals surface area (Å²) < 4.78 is 22.8. The van der Waals surface area contributed by atoms with Crippen LogP contribution in [0.4, 0.5) is 0 Å². The van der Waals surface area contributed by atoms with Crippen LogP contribution in [0.3, 0.4) is 0 Å². The molecule has 4 rings (SSSR count). The molecule has 2 aromatic rings. The SMILES string of the molecule is CC[C@H](C)Cc1ccc2c(c1O)C(=O)O[C@H](C[C@H](/C=C/c1coc(C[C@H](O)[C@H](C)[C@H](O)CC)n1)O[C@H]1O[C@H](CO)[C@@H](O)[C@@H]1O)C2. The summed E-state index contributed by atoms with van der Waals surface area (Å²) in [6.45, 7) is 7.23. The van der Waals surface area contributed by atoms with Gasteiger partial charge in [0.2, 0.25) is 0 Å².